The second-order valence-electron chi connectivity index (χ2n) is 7.38. The summed E-state index contributed by atoms with van der Waals surface area (Å²) in [6.07, 6.45) is 1.42. The lowest BCUT2D eigenvalue weighted by molar-refractivity contribution is 0.0697. The van der Waals surface area contributed by atoms with E-state index >= 15 is 0 Å². The second kappa shape index (κ2) is 5.63. The Morgan fingerprint density at radius 2 is 1.83 bits per heavy atom. The van der Waals surface area contributed by atoms with Crippen LogP contribution < -0.4 is 4.90 Å². The number of hydrogen-bond acceptors (Lipinski definition) is 4. The fraction of sp³-hybridized carbons (Fsp3) is 0.562. The van der Waals surface area contributed by atoms with Crippen molar-refractivity contribution >= 4 is 29.6 Å². The number of nitrogens with zero attached hydrogens (tertiary/aromatic N) is 1. The van der Waals surface area contributed by atoms with E-state index in [4.69, 9.17) is 0 Å². The van der Waals surface area contributed by atoms with Crippen LogP contribution in [0.4, 0.5) is 5.69 Å². The molecule has 7 heteroatoms. The molecule has 1 aromatic carbocycles. The highest BCUT2D eigenvalue weighted by Crippen LogP contribution is 2.36. The zero-order chi connectivity index (χ0) is 16.8. The minimum absolute atomic E-state index is 0.195. The van der Waals surface area contributed by atoms with E-state index in [1.54, 1.807) is 6.07 Å². The van der Waals surface area contributed by atoms with Crippen LogP contribution in [0.3, 0.4) is 0 Å². The molecule has 1 heterocycles. The van der Waals surface area contributed by atoms with Crippen LogP contribution in [-0.2, 0) is 9.84 Å². The maximum absolute atomic E-state index is 12.5. The van der Waals surface area contributed by atoms with Crippen LogP contribution in [0.15, 0.2) is 23.1 Å². The predicted molar refractivity (Wildman–Crippen MR) is 92.9 cm³/mol. The molecule has 3 rings (SSSR count). The molecule has 1 N–H and O–H groups in total. The van der Waals surface area contributed by atoms with Crippen molar-refractivity contribution in [2.75, 3.05) is 18.0 Å². The zero-order valence-electron chi connectivity index (χ0n) is 13.6. The zero-order valence-corrected chi connectivity index (χ0v) is 15.4. The van der Waals surface area contributed by atoms with Crippen molar-refractivity contribution in [1.29, 1.82) is 0 Å². The van der Waals surface area contributed by atoms with Gasteiger partial charge in [-0.1, -0.05) is 13.1 Å². The number of aromatic carboxylic acids is 1. The molecule has 0 unspecified atom stereocenters. The average molecular weight is 354 g/mol. The van der Waals surface area contributed by atoms with E-state index in [1.807, 2.05) is 4.90 Å². The van der Waals surface area contributed by atoms with Crippen LogP contribution in [0.1, 0.15) is 23.2 Å². The van der Waals surface area contributed by atoms with Crippen molar-refractivity contribution in [3.8, 4) is 0 Å². The van der Waals surface area contributed by atoms with Crippen molar-refractivity contribution < 1.29 is 18.3 Å². The molecule has 0 atom stereocenters. The molecule has 0 bridgehead atoms. The molecule has 0 radical (unpaired) electrons. The molecule has 0 spiro atoms. The first-order chi connectivity index (χ1) is 10.7. The molecule has 1 saturated carbocycles. The number of benzene rings is 1. The van der Waals surface area contributed by atoms with Gasteiger partial charge in [0.05, 0.1) is 29.5 Å². The lowest BCUT2D eigenvalue weighted by Gasteiger charge is -2.37. The normalized spacial score (nSPS) is 21.2. The van der Waals surface area contributed by atoms with Gasteiger partial charge in [-0.2, -0.15) is 0 Å². The molecule has 2 aliphatic rings. The summed E-state index contributed by atoms with van der Waals surface area (Å²) in [5.41, 5.74) is 0.754. The first-order valence-electron chi connectivity index (χ1n) is 8.07. The van der Waals surface area contributed by atoms with Gasteiger partial charge in [0.1, 0.15) is 0 Å². The molecule has 1 aliphatic heterocycles. The van der Waals surface area contributed by atoms with Crippen LogP contribution in [0.2, 0.25) is 25.2 Å². The quantitative estimate of drug-likeness (QED) is 0.843. The largest absolute Gasteiger partial charge is 0.478 e. The first-order valence-corrected chi connectivity index (χ1v) is 13.0. The lowest BCUT2D eigenvalue weighted by Crippen LogP contribution is -2.43. The van der Waals surface area contributed by atoms with Crippen LogP contribution in [0, 0.1) is 0 Å². The summed E-state index contributed by atoms with van der Waals surface area (Å²) in [4.78, 5) is 13.8. The Morgan fingerprint density at radius 1 is 1.22 bits per heavy atom. The number of carbonyl (C=O) groups is 1. The van der Waals surface area contributed by atoms with Crippen LogP contribution >= 0.6 is 0 Å². The second-order valence-corrected chi connectivity index (χ2v) is 14.9. The fourth-order valence-electron chi connectivity index (χ4n) is 3.05. The summed E-state index contributed by atoms with van der Waals surface area (Å²) in [5, 5.41) is 9.17. The molecular formula is C16H23NO4SSi. The third-order valence-electron chi connectivity index (χ3n) is 4.95. The van der Waals surface area contributed by atoms with E-state index in [-0.39, 0.29) is 15.7 Å². The topological polar surface area (TPSA) is 74.7 Å². The smallest absolute Gasteiger partial charge is 0.337 e. The monoisotopic (exact) mass is 353 g/mol. The van der Waals surface area contributed by atoms with Gasteiger partial charge in [0.2, 0.25) is 0 Å². The van der Waals surface area contributed by atoms with E-state index in [9.17, 15) is 18.3 Å². The number of sulfone groups is 1. The Kier molecular flexibility index (Phi) is 4.04. The van der Waals surface area contributed by atoms with Gasteiger partial charge in [0.25, 0.3) is 0 Å². The molecule has 0 amide bonds. The maximum atomic E-state index is 12.5. The SMILES string of the molecule is C[Si]1(C)CCN(c2cc(S(=O)(=O)C3CC3)ccc2C(=O)O)CC1. The highest BCUT2D eigenvalue weighted by Gasteiger charge is 2.38. The Balaban J connectivity index is 1.98. The minimum atomic E-state index is -3.30. The molecule has 2 fully saturated rings. The van der Waals surface area contributed by atoms with Gasteiger partial charge in [-0.05, 0) is 43.1 Å². The average Bonchev–Trinajstić information content (AvgIpc) is 3.31. The number of carboxylic acids is 1. The summed E-state index contributed by atoms with van der Waals surface area (Å²) in [6.45, 7) is 6.31. The van der Waals surface area contributed by atoms with Crippen molar-refractivity contribution in [3.05, 3.63) is 23.8 Å². The van der Waals surface area contributed by atoms with Crippen LogP contribution in [0.25, 0.3) is 0 Å². The van der Waals surface area contributed by atoms with E-state index in [0.29, 0.717) is 18.5 Å². The number of hydrogen-bond donors (Lipinski definition) is 1. The van der Waals surface area contributed by atoms with Gasteiger partial charge < -0.3 is 10.0 Å². The van der Waals surface area contributed by atoms with Gasteiger partial charge in [0.15, 0.2) is 9.84 Å². The summed E-state index contributed by atoms with van der Waals surface area (Å²) in [7, 11) is -4.48. The molecule has 1 aromatic rings. The van der Waals surface area contributed by atoms with E-state index in [2.05, 4.69) is 13.1 Å². The Bertz CT molecular complexity index is 730. The number of anilines is 1. The lowest BCUT2D eigenvalue weighted by atomic mass is 10.1. The van der Waals surface area contributed by atoms with Gasteiger partial charge in [-0.3, -0.25) is 0 Å². The maximum Gasteiger partial charge on any atom is 0.337 e. The summed E-state index contributed by atoms with van der Waals surface area (Å²) >= 11 is 0. The molecule has 5 nitrogen and oxygen atoms in total. The Hall–Kier alpha value is -1.34. The third-order valence-corrected chi connectivity index (χ3v) is 10.4. The standard InChI is InChI=1S/C16H23NO4SSi/c1-23(2)9-7-17(8-10-23)15-11-13(5-6-14(15)16(18)19)22(20,21)12-3-4-12/h5-6,11-12H,3-4,7-10H2,1-2H3,(H,18,19). The minimum Gasteiger partial charge on any atom is -0.478 e. The highest BCUT2D eigenvalue weighted by atomic mass is 32.2. The van der Waals surface area contributed by atoms with Crippen LogP contribution in [0.5, 0.6) is 0 Å². The molecule has 0 aromatic heterocycles. The molecule has 1 saturated heterocycles. The van der Waals surface area contributed by atoms with Crippen molar-refractivity contribution in [1.82, 2.24) is 0 Å². The molecule has 126 valence electrons. The van der Waals surface area contributed by atoms with Crippen molar-refractivity contribution in [2.24, 2.45) is 0 Å². The third kappa shape index (κ3) is 3.30. The van der Waals surface area contributed by atoms with Gasteiger partial charge >= 0.3 is 5.97 Å². The Morgan fingerprint density at radius 3 is 2.35 bits per heavy atom. The Labute approximate surface area is 138 Å². The van der Waals surface area contributed by atoms with E-state index in [1.165, 1.54) is 12.1 Å². The first kappa shape index (κ1) is 16.5. The van der Waals surface area contributed by atoms with Gasteiger partial charge in [-0.15, -0.1) is 0 Å². The van der Waals surface area contributed by atoms with Crippen molar-refractivity contribution in [3.63, 3.8) is 0 Å². The van der Waals surface area contributed by atoms with E-state index < -0.39 is 23.9 Å². The van der Waals surface area contributed by atoms with Crippen molar-refractivity contribution in [2.45, 2.75) is 48.2 Å². The van der Waals surface area contributed by atoms with Gasteiger partial charge in [0, 0.05) is 13.1 Å². The summed E-state index contributed by atoms with van der Waals surface area (Å²) < 4.78 is 24.9. The highest BCUT2D eigenvalue weighted by molar-refractivity contribution is 7.92. The number of carboxylic acid groups (broad SMARTS) is 1. The fourth-order valence-corrected chi connectivity index (χ4v) is 6.73. The molecule has 1 aliphatic carbocycles. The van der Waals surface area contributed by atoms with Gasteiger partial charge in [-0.25, -0.2) is 13.2 Å². The molecular weight excluding hydrogens is 330 g/mol. The summed E-state index contributed by atoms with van der Waals surface area (Å²) in [6, 6.07) is 6.68. The van der Waals surface area contributed by atoms with Crippen LogP contribution in [-0.4, -0.2) is 45.9 Å². The van der Waals surface area contributed by atoms with E-state index in [0.717, 1.165) is 25.2 Å². The summed E-state index contributed by atoms with van der Waals surface area (Å²) in [5.74, 6) is -1.00. The molecule has 23 heavy (non-hydrogen) atoms. The number of rotatable bonds is 4. The predicted octanol–water partition coefficient (Wildman–Crippen LogP) is 2.85.